The van der Waals surface area contributed by atoms with Crippen LogP contribution in [0.3, 0.4) is 0 Å². The van der Waals surface area contributed by atoms with Crippen LogP contribution in [-0.2, 0) is 9.59 Å². The normalized spacial score (nSPS) is 10.7. The van der Waals surface area contributed by atoms with Crippen molar-refractivity contribution in [2.45, 2.75) is 122 Å². The smallest absolute Gasteiger partial charge is 0.549 e. The molecule has 0 unspecified atom stereocenters. The molecule has 0 bridgehead atoms. The van der Waals surface area contributed by atoms with E-state index in [4.69, 9.17) is 5.73 Å². The van der Waals surface area contributed by atoms with Gasteiger partial charge in [-0.25, -0.2) is 0 Å². The second-order valence-corrected chi connectivity index (χ2v) is 9.13. The van der Waals surface area contributed by atoms with Gasteiger partial charge in [-0.2, -0.15) is 0 Å². The van der Waals surface area contributed by atoms with Gasteiger partial charge in [0, 0.05) is 26.1 Å². The van der Waals surface area contributed by atoms with E-state index in [1.807, 2.05) is 4.90 Å². The molecular weight excluding hydrogens is 425 g/mol. The summed E-state index contributed by atoms with van der Waals surface area (Å²) in [4.78, 5) is 24.8. The van der Waals surface area contributed by atoms with Gasteiger partial charge in [-0.1, -0.05) is 96.8 Å². The van der Waals surface area contributed by atoms with E-state index in [2.05, 4.69) is 12.2 Å². The van der Waals surface area contributed by atoms with Crippen molar-refractivity contribution in [3.63, 3.8) is 0 Å². The van der Waals surface area contributed by atoms with Crippen LogP contribution in [0.2, 0.25) is 0 Å². The molecule has 0 aromatic heterocycles. The van der Waals surface area contributed by atoms with Gasteiger partial charge in [0.25, 0.3) is 0 Å². The van der Waals surface area contributed by atoms with Crippen molar-refractivity contribution in [1.82, 2.24) is 10.2 Å². The predicted molar refractivity (Wildman–Crippen MR) is 132 cm³/mol. The first-order valence-corrected chi connectivity index (χ1v) is 13.5. The van der Waals surface area contributed by atoms with Crippen LogP contribution in [0.5, 0.6) is 0 Å². The van der Waals surface area contributed by atoms with E-state index in [0.29, 0.717) is 32.6 Å². The van der Waals surface area contributed by atoms with E-state index in [0.717, 1.165) is 25.7 Å². The molecule has 0 atom stereocenters. The van der Waals surface area contributed by atoms with Gasteiger partial charge < -0.3 is 25.9 Å². The van der Waals surface area contributed by atoms with E-state index in [-0.39, 0.29) is 42.0 Å². The zero-order valence-electron chi connectivity index (χ0n) is 22.0. The number of unbranched alkanes of at least 4 members (excludes halogenated alkanes) is 14. The molecule has 0 aliphatic carbocycles. The van der Waals surface area contributed by atoms with Crippen molar-refractivity contribution in [3.05, 3.63) is 0 Å². The zero-order valence-corrected chi connectivity index (χ0v) is 24.0. The van der Waals surface area contributed by atoms with Gasteiger partial charge in [0.2, 0.25) is 5.91 Å². The van der Waals surface area contributed by atoms with Crippen LogP contribution in [0.25, 0.3) is 0 Å². The van der Waals surface area contributed by atoms with Gasteiger partial charge in [-0.3, -0.25) is 4.79 Å². The molecule has 0 radical (unpaired) electrons. The first-order chi connectivity index (χ1) is 15.6. The molecule has 0 aromatic carbocycles. The summed E-state index contributed by atoms with van der Waals surface area (Å²) >= 11 is 0. The van der Waals surface area contributed by atoms with E-state index in [9.17, 15) is 14.7 Å². The van der Waals surface area contributed by atoms with Crippen LogP contribution in [0.4, 0.5) is 0 Å². The van der Waals surface area contributed by atoms with Crippen LogP contribution in [0.1, 0.15) is 122 Å². The fourth-order valence-corrected chi connectivity index (χ4v) is 4.03. The Hall–Kier alpha value is -0.140. The van der Waals surface area contributed by atoms with Gasteiger partial charge in [-0.15, -0.1) is 0 Å². The predicted octanol–water partition coefficient (Wildman–Crippen LogP) is 1.16. The molecule has 6 nitrogen and oxygen atoms in total. The molecule has 0 aromatic rings. The Morgan fingerprint density at radius 1 is 0.727 bits per heavy atom. The number of hydrogen-bond donors (Lipinski definition) is 2. The maximum absolute atomic E-state index is 12.5. The van der Waals surface area contributed by atoms with E-state index < -0.39 is 5.97 Å². The third-order valence-corrected chi connectivity index (χ3v) is 6.03. The Labute approximate surface area is 226 Å². The molecule has 1 amide bonds. The van der Waals surface area contributed by atoms with Gasteiger partial charge in [0.05, 0.1) is 5.97 Å². The Morgan fingerprint density at radius 3 is 1.64 bits per heavy atom. The Morgan fingerprint density at radius 2 is 1.18 bits per heavy atom. The van der Waals surface area contributed by atoms with Crippen LogP contribution in [0, 0.1) is 0 Å². The summed E-state index contributed by atoms with van der Waals surface area (Å²) in [5.74, 6) is -0.901. The number of carbonyl (C=O) groups excluding carboxylic acids is 2. The molecule has 3 N–H and O–H groups in total. The van der Waals surface area contributed by atoms with E-state index in [1.165, 1.54) is 83.5 Å². The molecule has 33 heavy (non-hydrogen) atoms. The van der Waals surface area contributed by atoms with Crippen LogP contribution < -0.4 is 45.7 Å². The first-order valence-electron chi connectivity index (χ1n) is 13.5. The molecule has 0 aliphatic heterocycles. The Balaban J connectivity index is 0. The number of carboxylic acid groups (broad SMARTS) is 1. The fourth-order valence-electron chi connectivity index (χ4n) is 4.03. The van der Waals surface area contributed by atoms with Gasteiger partial charge in [-0.05, 0) is 32.4 Å². The summed E-state index contributed by atoms with van der Waals surface area (Å²) in [7, 11) is 0. The SMILES string of the molecule is CCCCCCCCCCCCCCCCCC(=O)N(CCCN)CCCNCC(=O)[O-].[Na+]. The summed E-state index contributed by atoms with van der Waals surface area (Å²) in [6.07, 6.45) is 22.0. The van der Waals surface area contributed by atoms with Crippen molar-refractivity contribution >= 4 is 11.9 Å². The Bertz CT molecular complexity index is 439. The molecule has 7 heteroatoms. The first kappa shape index (κ1) is 35.0. The molecule has 0 aliphatic rings. The number of carbonyl (C=O) groups is 2. The number of nitrogens with one attached hydrogen (secondary N) is 1. The summed E-state index contributed by atoms with van der Waals surface area (Å²) in [5, 5.41) is 13.2. The minimum atomic E-state index is -1.10. The van der Waals surface area contributed by atoms with Crippen LogP contribution in [0.15, 0.2) is 0 Å². The molecule has 0 rings (SSSR count). The maximum atomic E-state index is 12.5. The molecular formula is C26H52N3NaO3. The van der Waals surface area contributed by atoms with Gasteiger partial charge >= 0.3 is 29.6 Å². The van der Waals surface area contributed by atoms with Gasteiger partial charge in [0.1, 0.15) is 0 Å². The molecule has 0 saturated heterocycles. The second kappa shape index (κ2) is 28.1. The molecule has 0 fully saturated rings. The quantitative estimate of drug-likeness (QED) is 0.152. The number of hydrogen-bond acceptors (Lipinski definition) is 5. The fraction of sp³-hybridized carbons (Fsp3) is 0.923. The average Bonchev–Trinajstić information content (AvgIpc) is 2.77. The summed E-state index contributed by atoms with van der Waals surface area (Å²) in [6, 6.07) is 0. The molecule has 190 valence electrons. The number of nitrogens with two attached hydrogens (primary N) is 1. The molecule has 0 heterocycles. The van der Waals surface area contributed by atoms with E-state index in [1.54, 1.807) is 0 Å². The molecule has 0 spiro atoms. The topological polar surface area (TPSA) is 98.5 Å². The van der Waals surface area contributed by atoms with Crippen molar-refractivity contribution < 1.29 is 44.3 Å². The Kier molecular flexibility index (Phi) is 29.8. The zero-order chi connectivity index (χ0) is 23.7. The minimum absolute atomic E-state index is 0. The van der Waals surface area contributed by atoms with Gasteiger partial charge in [0.15, 0.2) is 0 Å². The summed E-state index contributed by atoms with van der Waals surface area (Å²) < 4.78 is 0. The monoisotopic (exact) mass is 477 g/mol. The third-order valence-electron chi connectivity index (χ3n) is 6.03. The average molecular weight is 478 g/mol. The maximum Gasteiger partial charge on any atom is 1.00 e. The number of rotatable bonds is 25. The molecule has 0 saturated carbocycles. The number of nitrogens with zero attached hydrogens (tertiary/aromatic N) is 1. The summed E-state index contributed by atoms with van der Waals surface area (Å²) in [5.41, 5.74) is 5.60. The van der Waals surface area contributed by atoms with Crippen molar-refractivity contribution in [2.24, 2.45) is 5.73 Å². The minimum Gasteiger partial charge on any atom is -0.549 e. The van der Waals surface area contributed by atoms with E-state index >= 15 is 0 Å². The van der Waals surface area contributed by atoms with Crippen molar-refractivity contribution in [1.29, 1.82) is 0 Å². The third kappa shape index (κ3) is 26.3. The number of amides is 1. The number of aliphatic carboxylic acids is 1. The number of carboxylic acids is 1. The largest absolute Gasteiger partial charge is 1.00 e. The van der Waals surface area contributed by atoms with Crippen molar-refractivity contribution in [3.8, 4) is 0 Å². The van der Waals surface area contributed by atoms with Crippen molar-refractivity contribution in [2.75, 3.05) is 32.7 Å². The standard InChI is InChI=1S/C26H53N3O3.Na/c1-2-3-4-5-6-7-8-9-10-11-12-13-14-15-16-19-25(30)29(22-17-20-27)23-18-21-28-24-26(31)32;/h28H,2-24,27H2,1H3,(H,31,32);/q;+1/p-1. The van der Waals surface area contributed by atoms with Crippen LogP contribution >= 0.6 is 0 Å². The second-order valence-electron chi connectivity index (χ2n) is 9.13. The summed E-state index contributed by atoms with van der Waals surface area (Å²) in [6.45, 7) is 4.61. The van der Waals surface area contributed by atoms with Crippen LogP contribution in [-0.4, -0.2) is 49.5 Å².